The molecule has 0 rings (SSSR count). The largest absolute Gasteiger partial charge is 0.338 e. The van der Waals surface area contributed by atoms with Crippen LogP contribution >= 0.6 is 67.8 Å². The Kier molecular flexibility index (Phi) is 7.28. The summed E-state index contributed by atoms with van der Waals surface area (Å²) in [7, 11) is -0.676. The molecule has 0 radical (unpaired) electrons. The van der Waals surface area contributed by atoms with E-state index >= 15 is 0 Å². The van der Waals surface area contributed by atoms with Gasteiger partial charge in [-0.3, -0.25) is 4.18 Å². The van der Waals surface area contributed by atoms with E-state index < -0.39 is 10.3 Å². The fourth-order valence-electron chi connectivity index (χ4n) is 0.286. The van der Waals surface area contributed by atoms with Gasteiger partial charge in [0.15, 0.2) is 0 Å². The van der Waals surface area contributed by atoms with E-state index in [1.54, 1.807) is 0 Å². The molecule has 0 saturated heterocycles. The van der Waals surface area contributed by atoms with Crippen LogP contribution in [-0.4, -0.2) is 33.4 Å². The summed E-state index contributed by atoms with van der Waals surface area (Å²) in [6, 6.07) is 0. The minimum atomic E-state index is -3.54. The third-order valence-corrected chi connectivity index (χ3v) is 6.51. The van der Waals surface area contributed by atoms with Gasteiger partial charge in [0.25, 0.3) is 0 Å². The van der Waals surface area contributed by atoms with Gasteiger partial charge in [0.2, 0.25) is 0 Å². The van der Waals surface area contributed by atoms with E-state index in [0.717, 1.165) is 9.47 Å². The first-order valence-corrected chi connectivity index (χ1v) is 7.64. The molecule has 0 aliphatic carbocycles. The summed E-state index contributed by atoms with van der Waals surface area (Å²) < 4.78 is 29.9. The van der Waals surface area contributed by atoms with Crippen LogP contribution in [0.3, 0.4) is 0 Å². The monoisotopic (exact) mass is 543 g/mol. The molecular weight excluding hydrogens is 535 g/mol. The molecule has 4 nitrogen and oxygen atoms in total. The van der Waals surface area contributed by atoms with Crippen LogP contribution in [0.25, 0.3) is 0 Å². The smallest absolute Gasteiger partial charge is 0.253 e. The topological polar surface area (TPSA) is 46.6 Å². The zero-order valence-corrected chi connectivity index (χ0v) is 14.2. The molecule has 78 valence electrons. The summed E-state index contributed by atoms with van der Waals surface area (Å²) in [5, 5.41) is 0. The Hall–Kier alpha value is 1.80. The van der Waals surface area contributed by atoms with Crippen molar-refractivity contribution in [2.45, 2.75) is 0 Å². The van der Waals surface area contributed by atoms with Crippen LogP contribution < -0.4 is 0 Å². The molecule has 0 heterocycles. The summed E-state index contributed by atoms with van der Waals surface area (Å²) in [4.78, 5) is 0. The average Bonchev–Trinajstić information content (AvgIpc) is 1.99. The van der Waals surface area contributed by atoms with Crippen molar-refractivity contribution < 1.29 is 12.6 Å². The summed E-state index contributed by atoms with van der Waals surface area (Å²) >= 11 is 6.27. The van der Waals surface area contributed by atoms with E-state index in [1.165, 1.54) is 14.1 Å². The lowest BCUT2D eigenvalue weighted by atomic mass is 10.7. The van der Waals surface area contributed by atoms with Crippen molar-refractivity contribution in [2.75, 3.05) is 20.7 Å². The van der Waals surface area contributed by atoms with Crippen molar-refractivity contribution in [3.05, 3.63) is 5.17 Å². The summed E-state index contributed by atoms with van der Waals surface area (Å²) in [6.07, 6.45) is 0. The Morgan fingerprint density at radius 1 is 1.31 bits per heavy atom. The van der Waals surface area contributed by atoms with E-state index in [9.17, 15) is 8.42 Å². The number of halogens is 3. The van der Waals surface area contributed by atoms with Crippen LogP contribution in [-0.2, 0) is 14.5 Å². The van der Waals surface area contributed by atoms with Crippen molar-refractivity contribution in [3.8, 4) is 0 Å². The Morgan fingerprint density at radius 2 is 1.77 bits per heavy atom. The van der Waals surface area contributed by atoms with Crippen LogP contribution in [0.2, 0.25) is 0 Å². The van der Waals surface area contributed by atoms with Gasteiger partial charge in [-0.25, -0.2) is 0 Å². The maximum atomic E-state index is 11.1. The molecule has 0 aliphatic heterocycles. The van der Waals surface area contributed by atoms with Gasteiger partial charge in [-0.15, -0.1) is 0 Å². The van der Waals surface area contributed by atoms with Gasteiger partial charge in [-0.05, 0) is 67.8 Å². The van der Waals surface area contributed by atoms with Crippen LogP contribution in [0.15, 0.2) is 5.17 Å². The van der Waals surface area contributed by atoms with Crippen molar-refractivity contribution >= 4 is 78.1 Å². The molecule has 0 unspecified atom stereocenters. The molecule has 0 bridgehead atoms. The second kappa shape index (κ2) is 6.40. The first-order chi connectivity index (χ1) is 5.77. The Labute approximate surface area is 119 Å². The van der Waals surface area contributed by atoms with E-state index in [4.69, 9.17) is 4.18 Å². The maximum absolute atomic E-state index is 11.1. The highest BCUT2D eigenvalue weighted by Gasteiger charge is 2.14. The predicted octanol–water partition coefficient (Wildman–Crippen LogP) is 2.28. The highest BCUT2D eigenvalue weighted by molar-refractivity contribution is 14.2. The van der Waals surface area contributed by atoms with Gasteiger partial charge in [-0.1, -0.05) is 0 Å². The number of rotatable bonds is 4. The molecule has 0 aromatic heterocycles. The zero-order valence-electron chi connectivity index (χ0n) is 6.92. The van der Waals surface area contributed by atoms with Crippen molar-refractivity contribution in [1.29, 1.82) is 0 Å². The van der Waals surface area contributed by atoms with Crippen LogP contribution in [0.4, 0.5) is 0 Å². The van der Waals surface area contributed by atoms with Gasteiger partial charge in [-0.2, -0.15) is 12.7 Å². The average molecular weight is 543 g/mol. The molecule has 0 atom stereocenters. The Balaban J connectivity index is 4.28. The highest BCUT2D eigenvalue weighted by Crippen LogP contribution is 2.25. The van der Waals surface area contributed by atoms with E-state index in [-0.39, 0.29) is 6.61 Å². The van der Waals surface area contributed by atoms with E-state index in [1.807, 2.05) is 0 Å². The molecule has 0 N–H and O–H groups in total. The third kappa shape index (κ3) is 6.06. The lowest BCUT2D eigenvalue weighted by molar-refractivity contribution is 0.319. The van der Waals surface area contributed by atoms with Crippen molar-refractivity contribution in [3.63, 3.8) is 0 Å². The van der Waals surface area contributed by atoms with Gasteiger partial charge in [0.1, 0.15) is 0 Å². The SMILES string of the molecule is CN(C)S(=O)(=O)OCC(I)=C(I)I. The highest BCUT2D eigenvalue weighted by atomic mass is 127. The fraction of sp³-hybridized carbons (Fsp3) is 0.600. The number of hydrogen-bond donors (Lipinski definition) is 0. The van der Waals surface area contributed by atoms with E-state index in [2.05, 4.69) is 67.8 Å². The lowest BCUT2D eigenvalue weighted by Crippen LogP contribution is -2.24. The molecule has 8 heteroatoms. The van der Waals surface area contributed by atoms with Gasteiger partial charge in [0.05, 0.1) is 8.19 Å². The molecule has 0 aliphatic rings. The molecule has 13 heavy (non-hydrogen) atoms. The molecule has 0 amide bonds. The van der Waals surface area contributed by atoms with E-state index in [0.29, 0.717) is 0 Å². The first-order valence-electron chi connectivity index (χ1n) is 3.04. The summed E-state index contributed by atoms with van der Waals surface area (Å²) in [5.74, 6) is 0. The zero-order chi connectivity index (χ0) is 10.6. The van der Waals surface area contributed by atoms with Crippen LogP contribution in [0.1, 0.15) is 0 Å². The molecule has 0 aromatic rings. The van der Waals surface area contributed by atoms with Crippen LogP contribution in [0, 0.1) is 0 Å². The third-order valence-electron chi connectivity index (χ3n) is 0.987. The standard InChI is InChI=1S/C5H8I3NO3S/c1-9(2)13(10,11)12-3-4(6)5(7)8/h3H2,1-2H3. The van der Waals surface area contributed by atoms with Gasteiger partial charge >= 0.3 is 10.3 Å². The van der Waals surface area contributed by atoms with Gasteiger partial charge < -0.3 is 0 Å². The summed E-state index contributed by atoms with van der Waals surface area (Å²) in [5.41, 5.74) is 0. The number of hydrogen-bond acceptors (Lipinski definition) is 3. The molecule has 0 spiro atoms. The molecule has 0 aromatic carbocycles. The van der Waals surface area contributed by atoms with Crippen LogP contribution in [0.5, 0.6) is 0 Å². The summed E-state index contributed by atoms with van der Waals surface area (Å²) in [6.45, 7) is 0.0995. The van der Waals surface area contributed by atoms with Crippen molar-refractivity contribution in [1.82, 2.24) is 4.31 Å². The molecule has 0 fully saturated rings. The quantitative estimate of drug-likeness (QED) is 0.512. The normalized spacial score (nSPS) is 11.8. The molecular formula is C5H8I3NO3S. The van der Waals surface area contributed by atoms with Gasteiger partial charge in [0, 0.05) is 17.7 Å². The minimum absolute atomic E-state index is 0.0995. The Bertz CT molecular complexity index is 294. The maximum Gasteiger partial charge on any atom is 0.338 e. The second-order valence-electron chi connectivity index (χ2n) is 2.17. The van der Waals surface area contributed by atoms with Crippen molar-refractivity contribution in [2.24, 2.45) is 0 Å². The lowest BCUT2D eigenvalue weighted by Gasteiger charge is -2.10. The predicted molar refractivity (Wildman–Crippen MR) is 77.6 cm³/mol. The molecule has 0 saturated carbocycles. The minimum Gasteiger partial charge on any atom is -0.253 e. The number of nitrogens with zero attached hydrogens (tertiary/aromatic N) is 1. The fourth-order valence-corrected chi connectivity index (χ4v) is 1.44. The first kappa shape index (κ1) is 14.8. The Morgan fingerprint density at radius 3 is 2.08 bits per heavy atom. The second-order valence-corrected chi connectivity index (χ2v) is 9.51.